The standard InChI is InChI=1S/C14H15N9O3/c1-8(9-3-5-16-6-4-9)17-19-14(24)11-10(7-25-2)23(22-18-11)13-12(15)20-26-21-13/h3-6,17H,1,7H2,2H3,(H2,15,20)(H,19,24). The molecule has 26 heavy (non-hydrogen) atoms. The van der Waals surface area contributed by atoms with E-state index >= 15 is 0 Å². The highest BCUT2D eigenvalue weighted by Crippen LogP contribution is 2.16. The number of nitrogen functional groups attached to an aromatic ring is 1. The Morgan fingerprint density at radius 3 is 2.77 bits per heavy atom. The van der Waals surface area contributed by atoms with Crippen LogP contribution in [0.3, 0.4) is 0 Å². The number of ether oxygens (including phenoxy) is 1. The minimum absolute atomic E-state index is 0.00315. The van der Waals surface area contributed by atoms with Gasteiger partial charge in [-0.05, 0) is 22.4 Å². The van der Waals surface area contributed by atoms with E-state index in [9.17, 15) is 4.79 Å². The molecule has 3 aromatic rings. The lowest BCUT2D eigenvalue weighted by molar-refractivity contribution is 0.0932. The summed E-state index contributed by atoms with van der Waals surface area (Å²) in [5.74, 6) is -0.435. The average Bonchev–Trinajstić information content (AvgIpc) is 3.26. The third-order valence-corrected chi connectivity index (χ3v) is 3.31. The largest absolute Gasteiger partial charge is 0.378 e. The van der Waals surface area contributed by atoms with E-state index < -0.39 is 5.91 Å². The van der Waals surface area contributed by atoms with Crippen LogP contribution in [0.5, 0.6) is 0 Å². The van der Waals surface area contributed by atoms with E-state index in [1.54, 1.807) is 24.5 Å². The number of aromatic nitrogens is 6. The number of carbonyl (C=O) groups excluding carboxylic acids is 1. The van der Waals surface area contributed by atoms with Gasteiger partial charge in [-0.2, -0.15) is 4.68 Å². The van der Waals surface area contributed by atoms with Crippen LogP contribution in [0.1, 0.15) is 21.7 Å². The summed E-state index contributed by atoms with van der Waals surface area (Å²) >= 11 is 0. The predicted octanol–water partition coefficient (Wildman–Crippen LogP) is -0.321. The van der Waals surface area contributed by atoms with Crippen molar-refractivity contribution in [2.45, 2.75) is 6.61 Å². The van der Waals surface area contributed by atoms with Crippen LogP contribution in [-0.4, -0.2) is 43.3 Å². The highest BCUT2D eigenvalue weighted by molar-refractivity contribution is 5.93. The molecule has 0 aromatic carbocycles. The normalized spacial score (nSPS) is 10.5. The molecule has 0 radical (unpaired) electrons. The Bertz CT molecular complexity index is 919. The number of rotatable bonds is 7. The molecule has 0 fully saturated rings. The fourth-order valence-electron chi connectivity index (χ4n) is 2.07. The molecular formula is C14H15N9O3. The van der Waals surface area contributed by atoms with Crippen LogP contribution < -0.4 is 16.6 Å². The van der Waals surface area contributed by atoms with Crippen molar-refractivity contribution >= 4 is 17.4 Å². The van der Waals surface area contributed by atoms with E-state index in [0.717, 1.165) is 5.56 Å². The SMILES string of the molecule is C=C(NNC(=O)c1nnn(-c2nonc2N)c1COC)c1ccncc1. The minimum Gasteiger partial charge on any atom is -0.378 e. The number of nitrogens with one attached hydrogen (secondary N) is 2. The summed E-state index contributed by atoms with van der Waals surface area (Å²) in [4.78, 5) is 16.4. The van der Waals surface area contributed by atoms with E-state index in [-0.39, 0.29) is 23.9 Å². The van der Waals surface area contributed by atoms with Gasteiger partial charge in [0.15, 0.2) is 5.69 Å². The first-order valence-electron chi connectivity index (χ1n) is 7.29. The number of nitrogens with zero attached hydrogens (tertiary/aromatic N) is 6. The monoisotopic (exact) mass is 357 g/mol. The summed E-state index contributed by atoms with van der Waals surface area (Å²) in [7, 11) is 1.47. The second-order valence-corrected chi connectivity index (χ2v) is 5.00. The van der Waals surface area contributed by atoms with Crippen LogP contribution in [-0.2, 0) is 11.3 Å². The molecule has 4 N–H and O–H groups in total. The number of methoxy groups -OCH3 is 1. The van der Waals surface area contributed by atoms with Crippen molar-refractivity contribution in [3.05, 3.63) is 48.1 Å². The molecule has 0 saturated carbocycles. The third kappa shape index (κ3) is 3.34. The number of hydrazine groups is 1. The second-order valence-electron chi connectivity index (χ2n) is 5.00. The van der Waals surface area contributed by atoms with E-state index in [2.05, 4.69) is 47.7 Å². The number of hydrogen-bond donors (Lipinski definition) is 3. The molecule has 0 saturated heterocycles. The number of anilines is 1. The van der Waals surface area contributed by atoms with Crippen molar-refractivity contribution in [3.8, 4) is 5.82 Å². The van der Waals surface area contributed by atoms with Crippen molar-refractivity contribution in [2.24, 2.45) is 0 Å². The molecule has 3 heterocycles. The summed E-state index contributed by atoms with van der Waals surface area (Å²) in [5.41, 5.74) is 12.5. The Labute approximate surface area is 147 Å². The van der Waals surface area contributed by atoms with Gasteiger partial charge in [0.25, 0.3) is 5.91 Å². The lowest BCUT2D eigenvalue weighted by Gasteiger charge is -2.10. The fraction of sp³-hybridized carbons (Fsp3) is 0.143. The molecule has 0 unspecified atom stereocenters. The van der Waals surface area contributed by atoms with Gasteiger partial charge in [-0.3, -0.25) is 20.6 Å². The van der Waals surface area contributed by atoms with Gasteiger partial charge in [-0.25, -0.2) is 4.63 Å². The Kier molecular flexibility index (Phi) is 4.85. The lowest BCUT2D eigenvalue weighted by atomic mass is 10.2. The quantitative estimate of drug-likeness (QED) is 0.478. The van der Waals surface area contributed by atoms with Crippen molar-refractivity contribution in [3.63, 3.8) is 0 Å². The van der Waals surface area contributed by atoms with Crippen molar-refractivity contribution in [2.75, 3.05) is 12.8 Å². The van der Waals surface area contributed by atoms with Gasteiger partial charge in [0.2, 0.25) is 11.6 Å². The van der Waals surface area contributed by atoms with Crippen LogP contribution in [0.2, 0.25) is 0 Å². The van der Waals surface area contributed by atoms with Crippen LogP contribution in [0.4, 0.5) is 5.82 Å². The van der Waals surface area contributed by atoms with E-state index in [0.29, 0.717) is 11.4 Å². The molecule has 0 aliphatic heterocycles. The van der Waals surface area contributed by atoms with Crippen molar-refractivity contribution < 1.29 is 14.2 Å². The Hall–Kier alpha value is -3.80. The summed E-state index contributed by atoms with van der Waals surface area (Å²) < 4.78 is 10.9. The molecule has 12 heteroatoms. The van der Waals surface area contributed by atoms with Crippen molar-refractivity contribution in [1.29, 1.82) is 0 Å². The summed E-state index contributed by atoms with van der Waals surface area (Å²) in [6.45, 7) is 3.88. The molecule has 3 aromatic heterocycles. The fourth-order valence-corrected chi connectivity index (χ4v) is 2.07. The molecule has 0 aliphatic rings. The minimum atomic E-state index is -0.548. The summed E-state index contributed by atoms with van der Waals surface area (Å²) in [6.07, 6.45) is 3.23. The van der Waals surface area contributed by atoms with Gasteiger partial charge in [-0.15, -0.1) is 5.10 Å². The Balaban J connectivity index is 1.78. The Morgan fingerprint density at radius 2 is 2.12 bits per heavy atom. The van der Waals surface area contributed by atoms with Crippen LogP contribution in [0.25, 0.3) is 11.5 Å². The highest BCUT2D eigenvalue weighted by atomic mass is 16.6. The van der Waals surface area contributed by atoms with E-state index in [4.69, 9.17) is 10.5 Å². The zero-order chi connectivity index (χ0) is 18.5. The second kappa shape index (κ2) is 7.40. The van der Waals surface area contributed by atoms with Gasteiger partial charge < -0.3 is 10.5 Å². The molecule has 0 bridgehead atoms. The number of carbonyl (C=O) groups is 1. The maximum Gasteiger partial charge on any atom is 0.292 e. The average molecular weight is 357 g/mol. The third-order valence-electron chi connectivity index (χ3n) is 3.31. The van der Waals surface area contributed by atoms with E-state index in [1.807, 2.05) is 0 Å². The number of hydrogen-bond acceptors (Lipinski definition) is 10. The van der Waals surface area contributed by atoms with E-state index in [1.165, 1.54) is 11.8 Å². The predicted molar refractivity (Wildman–Crippen MR) is 88.2 cm³/mol. The van der Waals surface area contributed by atoms with Crippen molar-refractivity contribution in [1.82, 2.24) is 41.1 Å². The molecular weight excluding hydrogens is 342 g/mol. The lowest BCUT2D eigenvalue weighted by Crippen LogP contribution is -2.36. The summed E-state index contributed by atoms with van der Waals surface area (Å²) in [6, 6.07) is 3.49. The topological polar surface area (TPSA) is 159 Å². The van der Waals surface area contributed by atoms with Gasteiger partial charge in [0.1, 0.15) is 5.69 Å². The van der Waals surface area contributed by atoms with Gasteiger partial charge in [-0.1, -0.05) is 11.8 Å². The molecule has 1 amide bonds. The zero-order valence-corrected chi connectivity index (χ0v) is 13.7. The Morgan fingerprint density at radius 1 is 1.35 bits per heavy atom. The zero-order valence-electron chi connectivity index (χ0n) is 13.7. The molecule has 12 nitrogen and oxygen atoms in total. The highest BCUT2D eigenvalue weighted by Gasteiger charge is 2.23. The van der Waals surface area contributed by atoms with Gasteiger partial charge in [0.05, 0.1) is 12.3 Å². The van der Waals surface area contributed by atoms with Crippen LogP contribution in [0, 0.1) is 0 Å². The smallest absolute Gasteiger partial charge is 0.292 e. The van der Waals surface area contributed by atoms with Gasteiger partial charge >= 0.3 is 0 Å². The first-order chi connectivity index (χ1) is 12.6. The molecule has 0 spiro atoms. The first-order valence-corrected chi connectivity index (χ1v) is 7.29. The van der Waals surface area contributed by atoms with Crippen LogP contribution in [0.15, 0.2) is 35.7 Å². The molecule has 0 aliphatic carbocycles. The molecule has 0 atom stereocenters. The molecule has 134 valence electrons. The number of pyridine rings is 1. The maximum absolute atomic E-state index is 12.5. The van der Waals surface area contributed by atoms with Gasteiger partial charge in [0, 0.05) is 25.1 Å². The first kappa shape index (κ1) is 17.0. The molecule has 3 rings (SSSR count). The summed E-state index contributed by atoms with van der Waals surface area (Å²) in [5, 5.41) is 14.8. The van der Waals surface area contributed by atoms with Crippen LogP contribution >= 0.6 is 0 Å². The number of nitrogens with two attached hydrogens (primary N) is 1. The number of amides is 1. The maximum atomic E-state index is 12.5.